The minimum Gasteiger partial charge on any atom is -0.451 e. The molecule has 9 nitrogen and oxygen atoms in total. The Kier molecular flexibility index (Phi) is 8.87. The summed E-state index contributed by atoms with van der Waals surface area (Å²) in [5.41, 5.74) is 1.39. The van der Waals surface area contributed by atoms with Crippen LogP contribution in [0.25, 0.3) is 0 Å². The van der Waals surface area contributed by atoms with Crippen LogP contribution in [0.1, 0.15) is 42.1 Å². The van der Waals surface area contributed by atoms with E-state index in [1.807, 2.05) is 13.0 Å². The highest BCUT2D eigenvalue weighted by atomic mass is 35.5. The van der Waals surface area contributed by atoms with E-state index >= 15 is 0 Å². The number of nitrogens with one attached hydrogen (secondary N) is 2. The van der Waals surface area contributed by atoms with Gasteiger partial charge in [0.05, 0.1) is 15.6 Å². The maximum atomic E-state index is 12.9. The summed E-state index contributed by atoms with van der Waals surface area (Å²) in [7, 11) is -3.72. The van der Waals surface area contributed by atoms with Crippen molar-refractivity contribution in [3.8, 4) is 0 Å². The molecule has 0 saturated carbocycles. The van der Waals surface area contributed by atoms with Gasteiger partial charge in [-0.25, -0.2) is 8.42 Å². The molecule has 35 heavy (non-hydrogen) atoms. The molecule has 1 aliphatic heterocycles. The lowest BCUT2D eigenvalue weighted by Gasteiger charge is -2.26. The molecule has 1 aliphatic rings. The number of amides is 2. The Labute approximate surface area is 209 Å². The van der Waals surface area contributed by atoms with E-state index in [-0.39, 0.29) is 15.6 Å². The number of aryl methyl sites for hydroxylation is 1. The molecule has 0 radical (unpaired) electrons. The molecule has 0 aliphatic carbocycles. The van der Waals surface area contributed by atoms with Crippen LogP contribution >= 0.6 is 11.6 Å². The molecule has 1 unspecified atom stereocenters. The highest BCUT2D eigenvalue weighted by Gasteiger charge is 2.27. The molecule has 1 heterocycles. The quantitative estimate of drug-likeness (QED) is 0.515. The lowest BCUT2D eigenvalue weighted by molar-refractivity contribution is -0.152. The van der Waals surface area contributed by atoms with E-state index in [9.17, 15) is 22.8 Å². The molecule has 188 valence electrons. The van der Waals surface area contributed by atoms with Gasteiger partial charge >= 0.3 is 5.97 Å². The second-order valence-corrected chi connectivity index (χ2v) is 10.6. The van der Waals surface area contributed by atoms with Crippen molar-refractivity contribution in [2.24, 2.45) is 0 Å². The molecular weight excluding hydrogens is 494 g/mol. The standard InChI is InChI=1S/C24H28ClN3O6S/c1-16-7-6-8-18(13-16)24(31)26-15-22(29)34-17(2)23(30)27-21-14-19(9-10-20(21)25)35(32,33)28-11-4-3-5-12-28/h6-10,13-14,17H,3-5,11-12,15H2,1-2H3,(H,26,31)(H,27,30). The SMILES string of the molecule is Cc1cccc(C(=O)NCC(=O)OC(C)C(=O)Nc2cc(S(=O)(=O)N3CCCCC3)ccc2Cl)c1. The van der Waals surface area contributed by atoms with Gasteiger partial charge in [-0.1, -0.05) is 35.7 Å². The maximum Gasteiger partial charge on any atom is 0.326 e. The van der Waals surface area contributed by atoms with E-state index < -0.39 is 40.5 Å². The fourth-order valence-corrected chi connectivity index (χ4v) is 5.29. The van der Waals surface area contributed by atoms with Crippen molar-refractivity contribution in [3.63, 3.8) is 0 Å². The van der Waals surface area contributed by atoms with Crippen molar-refractivity contribution in [2.75, 3.05) is 25.0 Å². The van der Waals surface area contributed by atoms with Crippen LogP contribution in [0.5, 0.6) is 0 Å². The Morgan fingerprint density at radius 2 is 1.80 bits per heavy atom. The first-order valence-electron chi connectivity index (χ1n) is 11.2. The first kappa shape index (κ1) is 26.7. The molecule has 3 rings (SSSR count). The zero-order valence-electron chi connectivity index (χ0n) is 19.5. The zero-order chi connectivity index (χ0) is 25.6. The van der Waals surface area contributed by atoms with E-state index in [0.717, 1.165) is 24.8 Å². The van der Waals surface area contributed by atoms with Crippen LogP contribution in [0, 0.1) is 6.92 Å². The van der Waals surface area contributed by atoms with Crippen molar-refractivity contribution < 1.29 is 27.5 Å². The number of rotatable bonds is 8. The Hall–Kier alpha value is -2.95. The van der Waals surface area contributed by atoms with Gasteiger partial charge in [0.25, 0.3) is 11.8 Å². The summed E-state index contributed by atoms with van der Waals surface area (Å²) in [6, 6.07) is 10.9. The van der Waals surface area contributed by atoms with E-state index in [1.165, 1.54) is 29.4 Å². The second kappa shape index (κ2) is 11.7. The first-order chi connectivity index (χ1) is 16.6. The molecule has 1 fully saturated rings. The van der Waals surface area contributed by atoms with Crippen LogP contribution < -0.4 is 10.6 Å². The van der Waals surface area contributed by atoms with Crippen LogP contribution in [0.4, 0.5) is 5.69 Å². The second-order valence-electron chi connectivity index (χ2n) is 8.28. The average molecular weight is 522 g/mol. The van der Waals surface area contributed by atoms with Gasteiger partial charge in [-0.2, -0.15) is 4.31 Å². The summed E-state index contributed by atoms with van der Waals surface area (Å²) >= 11 is 6.16. The van der Waals surface area contributed by atoms with Crippen molar-refractivity contribution in [1.29, 1.82) is 0 Å². The number of nitrogens with zero attached hydrogens (tertiary/aromatic N) is 1. The maximum absolute atomic E-state index is 12.9. The van der Waals surface area contributed by atoms with E-state index in [4.69, 9.17) is 16.3 Å². The van der Waals surface area contributed by atoms with Crippen molar-refractivity contribution in [2.45, 2.75) is 44.1 Å². The molecule has 2 N–H and O–H groups in total. The Balaban J connectivity index is 1.58. The Morgan fingerprint density at radius 3 is 2.49 bits per heavy atom. The summed E-state index contributed by atoms with van der Waals surface area (Å²) < 4.78 is 32.4. The van der Waals surface area contributed by atoms with Gasteiger partial charge in [0.15, 0.2) is 6.10 Å². The molecular formula is C24H28ClN3O6S. The van der Waals surface area contributed by atoms with E-state index in [2.05, 4.69) is 10.6 Å². The predicted octanol–water partition coefficient (Wildman–Crippen LogP) is 3.12. The van der Waals surface area contributed by atoms with Crippen molar-refractivity contribution >= 4 is 45.1 Å². The van der Waals surface area contributed by atoms with E-state index in [1.54, 1.807) is 18.2 Å². The number of hydrogen-bond acceptors (Lipinski definition) is 6. The number of ether oxygens (including phenoxy) is 1. The smallest absolute Gasteiger partial charge is 0.326 e. The van der Waals surface area contributed by atoms with Gasteiger partial charge in [-0.3, -0.25) is 14.4 Å². The number of carbonyl (C=O) groups is 3. The predicted molar refractivity (Wildman–Crippen MR) is 132 cm³/mol. The topological polar surface area (TPSA) is 122 Å². The third kappa shape index (κ3) is 7.03. The summed E-state index contributed by atoms with van der Waals surface area (Å²) in [6.07, 6.45) is 1.37. The summed E-state index contributed by atoms with van der Waals surface area (Å²) in [5.74, 6) is -1.94. The molecule has 0 aromatic heterocycles. The third-order valence-electron chi connectivity index (χ3n) is 5.50. The number of sulfonamides is 1. The number of esters is 1. The number of benzene rings is 2. The Bertz CT molecular complexity index is 1210. The summed E-state index contributed by atoms with van der Waals surface area (Å²) in [4.78, 5) is 36.9. The highest BCUT2D eigenvalue weighted by molar-refractivity contribution is 7.89. The van der Waals surface area contributed by atoms with Crippen LogP contribution in [-0.4, -0.2) is 56.2 Å². The van der Waals surface area contributed by atoms with Gasteiger partial charge in [-0.15, -0.1) is 0 Å². The molecule has 11 heteroatoms. The van der Waals surface area contributed by atoms with Gasteiger partial charge < -0.3 is 15.4 Å². The van der Waals surface area contributed by atoms with Gasteiger partial charge in [0, 0.05) is 18.7 Å². The fraction of sp³-hybridized carbons (Fsp3) is 0.375. The highest BCUT2D eigenvalue weighted by Crippen LogP contribution is 2.28. The molecule has 1 atom stereocenters. The third-order valence-corrected chi connectivity index (χ3v) is 7.72. The fourth-order valence-electron chi connectivity index (χ4n) is 3.58. The van der Waals surface area contributed by atoms with Gasteiger partial charge in [-0.05, 0) is 57.0 Å². The lowest BCUT2D eigenvalue weighted by atomic mass is 10.1. The van der Waals surface area contributed by atoms with Crippen molar-refractivity contribution in [3.05, 3.63) is 58.6 Å². The van der Waals surface area contributed by atoms with Crippen LogP contribution in [0.2, 0.25) is 5.02 Å². The number of anilines is 1. The average Bonchev–Trinajstić information content (AvgIpc) is 2.84. The molecule has 2 aromatic rings. The van der Waals surface area contributed by atoms with Crippen molar-refractivity contribution in [1.82, 2.24) is 9.62 Å². The molecule has 2 aromatic carbocycles. The largest absolute Gasteiger partial charge is 0.451 e. The minimum absolute atomic E-state index is 0.0163. The molecule has 0 spiro atoms. The summed E-state index contributed by atoms with van der Waals surface area (Å²) in [5, 5.41) is 5.09. The van der Waals surface area contributed by atoms with Crippen LogP contribution in [0.15, 0.2) is 47.4 Å². The lowest BCUT2D eigenvalue weighted by Crippen LogP contribution is -2.36. The summed E-state index contributed by atoms with van der Waals surface area (Å²) in [6.45, 7) is 3.67. The first-order valence-corrected chi connectivity index (χ1v) is 13.0. The normalized spacial score (nSPS) is 15.2. The monoisotopic (exact) mass is 521 g/mol. The van der Waals surface area contributed by atoms with Crippen LogP contribution in [0.3, 0.4) is 0 Å². The molecule has 2 amide bonds. The molecule has 1 saturated heterocycles. The zero-order valence-corrected chi connectivity index (χ0v) is 21.1. The minimum atomic E-state index is -3.72. The number of halogens is 1. The Morgan fingerprint density at radius 1 is 1.09 bits per heavy atom. The molecule has 0 bridgehead atoms. The number of piperidine rings is 1. The van der Waals surface area contributed by atoms with Gasteiger partial charge in [0.1, 0.15) is 6.54 Å². The number of hydrogen-bond donors (Lipinski definition) is 2. The van der Waals surface area contributed by atoms with E-state index in [0.29, 0.717) is 18.7 Å². The van der Waals surface area contributed by atoms with Gasteiger partial charge in [0.2, 0.25) is 10.0 Å². The van der Waals surface area contributed by atoms with Crippen LogP contribution in [-0.2, 0) is 24.3 Å². The number of carbonyl (C=O) groups excluding carboxylic acids is 3.